The molecule has 0 N–H and O–H groups in total. The fraction of sp³-hybridized carbons (Fsp3) is 0.188. The fourth-order valence-electron chi connectivity index (χ4n) is 1.74. The van der Waals surface area contributed by atoms with Crippen molar-refractivity contribution in [3.63, 3.8) is 0 Å². The van der Waals surface area contributed by atoms with Gasteiger partial charge in [-0.1, -0.05) is 17.7 Å². The first-order valence-electron chi connectivity index (χ1n) is 6.46. The molecule has 0 heterocycles. The van der Waals surface area contributed by atoms with Crippen LogP contribution in [0.5, 0.6) is 5.75 Å². The summed E-state index contributed by atoms with van der Waals surface area (Å²) in [5, 5.41) is 9.43. The maximum Gasteiger partial charge on any atom is 0.120 e. The Morgan fingerprint density at radius 1 is 1.19 bits per heavy atom. The summed E-state index contributed by atoms with van der Waals surface area (Å²) >= 11 is 5.79. The van der Waals surface area contributed by atoms with E-state index in [0.29, 0.717) is 35.1 Å². The highest BCUT2D eigenvalue weighted by Gasteiger charge is 2.04. The monoisotopic (exact) mass is 319 g/mol. The molecule has 2 rings (SSSR count). The highest BCUT2D eigenvalue weighted by atomic mass is 35.5. The van der Waals surface area contributed by atoms with Crippen LogP contribution < -0.4 is 4.74 Å². The third-order valence-electron chi connectivity index (χ3n) is 2.78. The van der Waals surface area contributed by atoms with Crippen molar-refractivity contribution in [2.45, 2.75) is 11.3 Å². The van der Waals surface area contributed by atoms with Crippen molar-refractivity contribution < 1.29 is 8.95 Å². The second kappa shape index (κ2) is 7.82. The molecule has 0 amide bonds. The second-order valence-corrected chi connectivity index (χ2v) is 6.35. The van der Waals surface area contributed by atoms with Crippen LogP contribution in [0.1, 0.15) is 12.0 Å². The molecule has 3 nitrogen and oxygen atoms in total. The average molecular weight is 320 g/mol. The van der Waals surface area contributed by atoms with Crippen LogP contribution in [0.25, 0.3) is 0 Å². The number of hydrogen-bond donors (Lipinski definition) is 0. The summed E-state index contributed by atoms with van der Waals surface area (Å²) in [6.07, 6.45) is 0.673. The molecule has 2 aromatic carbocycles. The van der Waals surface area contributed by atoms with Gasteiger partial charge in [-0.15, -0.1) is 0 Å². The van der Waals surface area contributed by atoms with Crippen molar-refractivity contribution in [2.75, 3.05) is 12.4 Å². The van der Waals surface area contributed by atoms with Crippen molar-refractivity contribution in [3.8, 4) is 11.8 Å². The highest BCUT2D eigenvalue weighted by Crippen LogP contribution is 2.15. The van der Waals surface area contributed by atoms with Crippen LogP contribution in [0.2, 0.25) is 5.02 Å². The van der Waals surface area contributed by atoms with E-state index in [1.807, 2.05) is 0 Å². The summed E-state index contributed by atoms with van der Waals surface area (Å²) in [6.45, 7) is 0.466. The number of halogens is 1. The lowest BCUT2D eigenvalue weighted by atomic mass is 10.2. The normalized spacial score (nSPS) is 11.6. The zero-order valence-electron chi connectivity index (χ0n) is 11.3. The van der Waals surface area contributed by atoms with Crippen LogP contribution in [0.15, 0.2) is 53.4 Å². The first-order chi connectivity index (χ1) is 10.2. The number of benzene rings is 2. The summed E-state index contributed by atoms with van der Waals surface area (Å²) < 4.78 is 17.6. The third-order valence-corrected chi connectivity index (χ3v) is 4.49. The molecule has 0 saturated carbocycles. The first-order valence-corrected chi connectivity index (χ1v) is 8.15. The molecule has 1 atom stereocenters. The quantitative estimate of drug-likeness (QED) is 0.761. The van der Waals surface area contributed by atoms with Crippen molar-refractivity contribution in [1.29, 1.82) is 5.26 Å². The van der Waals surface area contributed by atoms with Crippen LogP contribution in [-0.2, 0) is 10.8 Å². The second-order valence-electron chi connectivity index (χ2n) is 4.35. The summed E-state index contributed by atoms with van der Waals surface area (Å²) in [5.41, 5.74) is 0.567. The standard InChI is InChI=1S/C16H14ClNO2S/c17-14-5-7-16(8-6-14)21(19)10-2-9-20-15-4-1-3-13(11-15)12-18/h1,3-8,11H,2,9-10H2. The van der Waals surface area contributed by atoms with Gasteiger partial charge >= 0.3 is 0 Å². The lowest BCUT2D eigenvalue weighted by Crippen LogP contribution is -2.05. The van der Waals surface area contributed by atoms with Gasteiger partial charge in [-0.2, -0.15) is 5.26 Å². The molecule has 5 heteroatoms. The van der Waals surface area contributed by atoms with E-state index in [-0.39, 0.29) is 0 Å². The Kier molecular flexibility index (Phi) is 5.79. The predicted octanol–water partition coefficient (Wildman–Crippen LogP) is 3.79. The van der Waals surface area contributed by atoms with Gasteiger partial charge in [0.25, 0.3) is 0 Å². The molecular weight excluding hydrogens is 306 g/mol. The molecule has 0 aromatic heterocycles. The Bertz CT molecular complexity index is 665. The molecule has 0 saturated heterocycles. The third kappa shape index (κ3) is 4.89. The summed E-state index contributed by atoms with van der Waals surface area (Å²) in [5.74, 6) is 1.19. The molecule has 1 unspecified atom stereocenters. The predicted molar refractivity (Wildman–Crippen MR) is 84.0 cm³/mol. The summed E-state index contributed by atoms with van der Waals surface area (Å²) in [6, 6.07) is 16.1. The highest BCUT2D eigenvalue weighted by molar-refractivity contribution is 7.85. The Balaban J connectivity index is 1.78. The summed E-state index contributed by atoms with van der Waals surface area (Å²) in [4.78, 5) is 0.769. The van der Waals surface area contributed by atoms with Crippen LogP contribution in [0.3, 0.4) is 0 Å². The van der Waals surface area contributed by atoms with E-state index in [1.165, 1.54) is 0 Å². The SMILES string of the molecule is N#Cc1cccc(OCCCS(=O)c2ccc(Cl)cc2)c1. The molecule has 0 bridgehead atoms. The minimum absolute atomic E-state index is 0.466. The number of nitriles is 1. The van der Waals surface area contributed by atoms with Gasteiger partial charge in [0.15, 0.2) is 0 Å². The zero-order valence-corrected chi connectivity index (χ0v) is 12.9. The van der Waals surface area contributed by atoms with E-state index >= 15 is 0 Å². The number of nitrogens with zero attached hydrogens (tertiary/aromatic N) is 1. The largest absolute Gasteiger partial charge is 0.494 e. The molecule has 0 aliphatic carbocycles. The Morgan fingerprint density at radius 3 is 2.67 bits per heavy atom. The van der Waals surface area contributed by atoms with Crippen LogP contribution in [-0.4, -0.2) is 16.6 Å². The average Bonchev–Trinajstić information content (AvgIpc) is 2.52. The molecule has 2 aromatic rings. The van der Waals surface area contributed by atoms with Crippen molar-refractivity contribution in [1.82, 2.24) is 0 Å². The van der Waals surface area contributed by atoms with Crippen LogP contribution >= 0.6 is 11.6 Å². The molecule has 0 aliphatic heterocycles. The van der Waals surface area contributed by atoms with Crippen LogP contribution in [0.4, 0.5) is 0 Å². The first kappa shape index (κ1) is 15.6. The Hall–Kier alpha value is -1.83. The summed E-state index contributed by atoms with van der Waals surface area (Å²) in [7, 11) is -1.05. The van der Waals surface area contributed by atoms with Gasteiger partial charge in [0.2, 0.25) is 0 Å². The van der Waals surface area contributed by atoms with Crippen LogP contribution in [0, 0.1) is 11.3 Å². The molecule has 0 spiro atoms. The Labute approximate surface area is 131 Å². The fourth-order valence-corrected chi connectivity index (χ4v) is 2.92. The lowest BCUT2D eigenvalue weighted by Gasteiger charge is -2.06. The van der Waals surface area contributed by atoms with E-state index in [4.69, 9.17) is 21.6 Å². The number of hydrogen-bond acceptors (Lipinski definition) is 3. The smallest absolute Gasteiger partial charge is 0.120 e. The molecule has 0 radical (unpaired) electrons. The van der Waals surface area contributed by atoms with E-state index in [0.717, 1.165) is 4.90 Å². The minimum Gasteiger partial charge on any atom is -0.494 e. The van der Waals surface area contributed by atoms with Gasteiger partial charge in [-0.3, -0.25) is 4.21 Å². The van der Waals surface area contributed by atoms with Gasteiger partial charge in [0.1, 0.15) is 5.75 Å². The minimum atomic E-state index is -1.05. The molecule has 0 aliphatic rings. The van der Waals surface area contributed by atoms with Gasteiger partial charge in [-0.25, -0.2) is 0 Å². The van der Waals surface area contributed by atoms with Gasteiger partial charge in [-0.05, 0) is 48.9 Å². The Morgan fingerprint density at radius 2 is 1.95 bits per heavy atom. The van der Waals surface area contributed by atoms with E-state index in [1.54, 1.807) is 48.5 Å². The van der Waals surface area contributed by atoms with E-state index in [2.05, 4.69) is 6.07 Å². The van der Waals surface area contributed by atoms with Crippen molar-refractivity contribution in [2.24, 2.45) is 0 Å². The van der Waals surface area contributed by atoms with Crippen molar-refractivity contribution >= 4 is 22.4 Å². The maximum absolute atomic E-state index is 12.0. The molecular formula is C16H14ClNO2S. The molecule has 108 valence electrons. The van der Waals surface area contributed by atoms with Gasteiger partial charge in [0.05, 0.1) is 29.0 Å². The van der Waals surface area contributed by atoms with Gasteiger partial charge < -0.3 is 4.74 Å². The van der Waals surface area contributed by atoms with E-state index in [9.17, 15) is 4.21 Å². The maximum atomic E-state index is 12.0. The molecule has 21 heavy (non-hydrogen) atoms. The number of ether oxygens (including phenoxy) is 1. The lowest BCUT2D eigenvalue weighted by molar-refractivity contribution is 0.318. The topological polar surface area (TPSA) is 50.1 Å². The number of rotatable bonds is 6. The van der Waals surface area contributed by atoms with Gasteiger partial charge in [0, 0.05) is 15.7 Å². The molecule has 0 fully saturated rings. The zero-order chi connectivity index (χ0) is 15.1. The van der Waals surface area contributed by atoms with Crippen molar-refractivity contribution in [3.05, 3.63) is 59.1 Å². The van der Waals surface area contributed by atoms with E-state index < -0.39 is 10.8 Å².